The average molecular weight is 326 g/mol. The summed E-state index contributed by atoms with van der Waals surface area (Å²) in [5.74, 6) is -1.87. The molecule has 3 rings (SSSR count). The molecule has 0 aliphatic carbocycles. The molecule has 122 valence electrons. The zero-order valence-corrected chi connectivity index (χ0v) is 12.7. The number of aromatic carboxylic acids is 1. The van der Waals surface area contributed by atoms with Gasteiger partial charge in [0.25, 0.3) is 0 Å². The van der Waals surface area contributed by atoms with Crippen molar-refractivity contribution in [3.8, 4) is 5.75 Å². The maximum atomic E-state index is 12.2. The number of aromatic hydroxyl groups is 1. The first kappa shape index (κ1) is 15.5. The Morgan fingerprint density at radius 3 is 2.71 bits per heavy atom. The number of amides is 1. The first-order valence-corrected chi connectivity index (χ1v) is 7.15. The molecule has 24 heavy (non-hydrogen) atoms. The molecule has 0 atom stereocenters. The first-order chi connectivity index (χ1) is 11.4. The van der Waals surface area contributed by atoms with E-state index in [1.807, 2.05) is 19.1 Å². The summed E-state index contributed by atoms with van der Waals surface area (Å²) in [6.45, 7) is 1.93. The van der Waals surface area contributed by atoms with Gasteiger partial charge >= 0.3 is 5.97 Å². The molecule has 2 aromatic carbocycles. The normalized spacial score (nSPS) is 10.7. The Kier molecular flexibility index (Phi) is 3.91. The standard InChI is InChI=1S/C17H14N2O5/c1-9-2-5-15-11(6-9)13(19-24-15)8-16(21)18-12-4-3-10(17(22)23)7-14(12)20/h2-7,20H,8H2,1H3,(H,18,21)(H,22,23). The van der Waals surface area contributed by atoms with E-state index in [2.05, 4.69) is 10.5 Å². The van der Waals surface area contributed by atoms with Gasteiger partial charge in [0.2, 0.25) is 5.91 Å². The summed E-state index contributed by atoms with van der Waals surface area (Å²) >= 11 is 0. The predicted molar refractivity (Wildman–Crippen MR) is 86.1 cm³/mol. The van der Waals surface area contributed by atoms with Crippen molar-refractivity contribution in [1.29, 1.82) is 0 Å². The Balaban J connectivity index is 1.78. The number of anilines is 1. The third-order valence-corrected chi connectivity index (χ3v) is 3.55. The van der Waals surface area contributed by atoms with Crippen LogP contribution in [-0.4, -0.2) is 27.2 Å². The second kappa shape index (κ2) is 6.04. The summed E-state index contributed by atoms with van der Waals surface area (Å²) in [5.41, 5.74) is 2.18. The number of phenols is 1. The molecule has 7 nitrogen and oxygen atoms in total. The summed E-state index contributed by atoms with van der Waals surface area (Å²) in [5, 5.41) is 25.9. The summed E-state index contributed by atoms with van der Waals surface area (Å²) in [7, 11) is 0. The highest BCUT2D eigenvalue weighted by Crippen LogP contribution is 2.25. The summed E-state index contributed by atoms with van der Waals surface area (Å²) < 4.78 is 5.18. The molecule has 0 radical (unpaired) electrons. The minimum absolute atomic E-state index is 0.0312. The fourth-order valence-corrected chi connectivity index (χ4v) is 2.35. The van der Waals surface area contributed by atoms with Crippen LogP contribution in [0.3, 0.4) is 0 Å². The van der Waals surface area contributed by atoms with E-state index < -0.39 is 11.9 Å². The fraction of sp³-hybridized carbons (Fsp3) is 0.118. The molecule has 3 N–H and O–H groups in total. The Bertz CT molecular complexity index is 945. The van der Waals surface area contributed by atoms with E-state index in [0.717, 1.165) is 17.0 Å². The predicted octanol–water partition coefficient (Wildman–Crippen LogP) is 2.72. The van der Waals surface area contributed by atoms with E-state index in [4.69, 9.17) is 9.63 Å². The van der Waals surface area contributed by atoms with Gasteiger partial charge in [-0.05, 0) is 37.3 Å². The summed E-state index contributed by atoms with van der Waals surface area (Å²) in [6, 6.07) is 9.27. The molecule has 0 fully saturated rings. The number of hydrogen-bond acceptors (Lipinski definition) is 5. The van der Waals surface area contributed by atoms with Gasteiger partial charge in [-0.2, -0.15) is 0 Å². The molecule has 0 bridgehead atoms. The van der Waals surface area contributed by atoms with Crippen LogP contribution in [0, 0.1) is 6.92 Å². The molecule has 1 amide bonds. The minimum Gasteiger partial charge on any atom is -0.506 e. The third kappa shape index (κ3) is 3.05. The number of phenolic OH excluding ortho intramolecular Hbond substituents is 1. The van der Waals surface area contributed by atoms with Gasteiger partial charge in [0.1, 0.15) is 11.4 Å². The Hall–Kier alpha value is -3.35. The molecule has 1 aromatic heterocycles. The lowest BCUT2D eigenvalue weighted by atomic mass is 10.1. The number of aryl methyl sites for hydroxylation is 1. The van der Waals surface area contributed by atoms with E-state index in [0.29, 0.717) is 11.3 Å². The van der Waals surface area contributed by atoms with E-state index in [1.165, 1.54) is 12.1 Å². The lowest BCUT2D eigenvalue weighted by Crippen LogP contribution is -2.15. The molecular formula is C17H14N2O5. The van der Waals surface area contributed by atoms with Gasteiger partial charge in [0.05, 0.1) is 17.7 Å². The molecule has 3 aromatic rings. The van der Waals surface area contributed by atoms with Crippen molar-refractivity contribution in [3.05, 3.63) is 53.2 Å². The van der Waals surface area contributed by atoms with Gasteiger partial charge in [-0.15, -0.1) is 0 Å². The van der Waals surface area contributed by atoms with Crippen LogP contribution in [0.1, 0.15) is 21.6 Å². The van der Waals surface area contributed by atoms with Crippen LogP contribution in [-0.2, 0) is 11.2 Å². The number of carboxylic acid groups (broad SMARTS) is 1. The van der Waals surface area contributed by atoms with Crippen LogP contribution in [0.15, 0.2) is 40.9 Å². The van der Waals surface area contributed by atoms with E-state index in [1.54, 1.807) is 6.07 Å². The molecule has 0 spiro atoms. The molecule has 0 unspecified atom stereocenters. The number of hydrogen-bond donors (Lipinski definition) is 3. The number of rotatable bonds is 4. The van der Waals surface area contributed by atoms with Crippen LogP contribution in [0.2, 0.25) is 0 Å². The monoisotopic (exact) mass is 326 g/mol. The number of aromatic nitrogens is 1. The zero-order valence-electron chi connectivity index (χ0n) is 12.7. The van der Waals surface area contributed by atoms with Crippen LogP contribution in [0.25, 0.3) is 11.0 Å². The van der Waals surface area contributed by atoms with Gasteiger partial charge in [-0.25, -0.2) is 4.79 Å². The summed E-state index contributed by atoms with van der Waals surface area (Å²) in [6.07, 6.45) is -0.0312. The Morgan fingerprint density at radius 1 is 1.21 bits per heavy atom. The molecule has 0 saturated heterocycles. The fourth-order valence-electron chi connectivity index (χ4n) is 2.35. The molecule has 0 saturated carbocycles. The van der Waals surface area contributed by atoms with Gasteiger partial charge in [0, 0.05) is 5.39 Å². The van der Waals surface area contributed by atoms with Gasteiger partial charge in [-0.3, -0.25) is 4.79 Å². The quantitative estimate of drug-likeness (QED) is 0.635. The number of nitrogens with zero attached hydrogens (tertiary/aromatic N) is 1. The Morgan fingerprint density at radius 2 is 2.00 bits per heavy atom. The van der Waals surface area contributed by atoms with Crippen molar-refractivity contribution in [3.63, 3.8) is 0 Å². The molecule has 1 heterocycles. The Labute approximate surface area is 136 Å². The van der Waals surface area contributed by atoms with Crippen LogP contribution in [0.4, 0.5) is 5.69 Å². The van der Waals surface area contributed by atoms with Crippen molar-refractivity contribution >= 4 is 28.5 Å². The van der Waals surface area contributed by atoms with Crippen LogP contribution in [0.5, 0.6) is 5.75 Å². The van der Waals surface area contributed by atoms with Crippen molar-refractivity contribution < 1.29 is 24.3 Å². The van der Waals surface area contributed by atoms with E-state index in [9.17, 15) is 14.7 Å². The highest BCUT2D eigenvalue weighted by atomic mass is 16.5. The van der Waals surface area contributed by atoms with Crippen molar-refractivity contribution in [2.24, 2.45) is 0 Å². The molecule has 0 aliphatic heterocycles. The van der Waals surface area contributed by atoms with Crippen molar-refractivity contribution in [1.82, 2.24) is 5.16 Å². The highest BCUT2D eigenvalue weighted by molar-refractivity contribution is 5.97. The van der Waals surface area contributed by atoms with Gasteiger partial charge < -0.3 is 20.1 Å². The zero-order chi connectivity index (χ0) is 17.3. The number of nitrogens with one attached hydrogen (secondary N) is 1. The number of carbonyl (C=O) groups excluding carboxylic acids is 1. The second-order valence-corrected chi connectivity index (χ2v) is 5.39. The summed E-state index contributed by atoms with van der Waals surface area (Å²) in [4.78, 5) is 23.0. The highest BCUT2D eigenvalue weighted by Gasteiger charge is 2.15. The van der Waals surface area contributed by atoms with Crippen LogP contribution >= 0.6 is 0 Å². The van der Waals surface area contributed by atoms with Crippen molar-refractivity contribution in [2.45, 2.75) is 13.3 Å². The molecule has 0 aliphatic rings. The van der Waals surface area contributed by atoms with Crippen molar-refractivity contribution in [2.75, 3.05) is 5.32 Å². The molecular weight excluding hydrogens is 312 g/mol. The smallest absolute Gasteiger partial charge is 0.335 e. The second-order valence-electron chi connectivity index (χ2n) is 5.39. The van der Waals surface area contributed by atoms with E-state index in [-0.39, 0.29) is 23.4 Å². The largest absolute Gasteiger partial charge is 0.506 e. The maximum absolute atomic E-state index is 12.2. The number of fused-ring (bicyclic) bond motifs is 1. The minimum atomic E-state index is -1.16. The SMILES string of the molecule is Cc1ccc2onc(CC(=O)Nc3ccc(C(=O)O)cc3O)c2c1. The van der Waals surface area contributed by atoms with Crippen LogP contribution < -0.4 is 5.32 Å². The lowest BCUT2D eigenvalue weighted by molar-refractivity contribution is -0.115. The average Bonchev–Trinajstić information content (AvgIpc) is 2.91. The van der Waals surface area contributed by atoms with E-state index >= 15 is 0 Å². The van der Waals surface area contributed by atoms with Gasteiger partial charge in [0.15, 0.2) is 5.58 Å². The topological polar surface area (TPSA) is 113 Å². The molecule has 7 heteroatoms. The number of carboxylic acids is 1. The third-order valence-electron chi connectivity index (χ3n) is 3.55. The van der Waals surface area contributed by atoms with Gasteiger partial charge in [-0.1, -0.05) is 16.8 Å². The number of benzene rings is 2. The number of carbonyl (C=O) groups is 2. The lowest BCUT2D eigenvalue weighted by Gasteiger charge is -2.07. The first-order valence-electron chi connectivity index (χ1n) is 7.15. The maximum Gasteiger partial charge on any atom is 0.335 e.